The third-order valence-electron chi connectivity index (χ3n) is 5.59. The summed E-state index contributed by atoms with van der Waals surface area (Å²) in [5.74, 6) is -0.686. The Balaban J connectivity index is 2.94. The molecule has 0 saturated carbocycles. The van der Waals surface area contributed by atoms with Gasteiger partial charge in [0.2, 0.25) is 0 Å². The number of aromatic hydroxyl groups is 2. The highest BCUT2D eigenvalue weighted by Gasteiger charge is 2.32. The normalized spacial score (nSPS) is 12.6. The van der Waals surface area contributed by atoms with Crippen LogP contribution in [0.2, 0.25) is 0 Å². The second kappa shape index (κ2) is 7.40. The first-order chi connectivity index (χ1) is 12.1. The molecule has 2 rings (SSSR count). The summed E-state index contributed by atoms with van der Waals surface area (Å²) in [4.78, 5) is 25.0. The summed E-state index contributed by atoms with van der Waals surface area (Å²) >= 11 is 0. The summed E-state index contributed by atoms with van der Waals surface area (Å²) in [5, 5.41) is 21.2. The van der Waals surface area contributed by atoms with Crippen molar-refractivity contribution in [3.63, 3.8) is 0 Å². The van der Waals surface area contributed by atoms with E-state index in [1.807, 2.05) is 13.8 Å². The van der Waals surface area contributed by atoms with Crippen LogP contribution in [0.3, 0.4) is 0 Å². The van der Waals surface area contributed by atoms with Crippen LogP contribution in [0.4, 0.5) is 0 Å². The van der Waals surface area contributed by atoms with Crippen molar-refractivity contribution >= 4 is 0 Å². The Kier molecular flexibility index (Phi) is 5.64. The van der Waals surface area contributed by atoms with Gasteiger partial charge < -0.3 is 19.3 Å². The molecular formula is C20H28N2O4. The molecule has 0 spiro atoms. The van der Waals surface area contributed by atoms with Gasteiger partial charge in [-0.05, 0) is 25.8 Å². The van der Waals surface area contributed by atoms with E-state index in [0.717, 1.165) is 12.8 Å². The maximum Gasteiger partial charge on any atom is 0.258 e. The molecule has 142 valence electrons. The van der Waals surface area contributed by atoms with E-state index in [4.69, 9.17) is 0 Å². The summed E-state index contributed by atoms with van der Waals surface area (Å²) in [7, 11) is 3.30. The van der Waals surface area contributed by atoms with Crippen LogP contribution in [0, 0.1) is 19.8 Å². The van der Waals surface area contributed by atoms with Crippen molar-refractivity contribution in [2.45, 2.75) is 46.5 Å². The van der Waals surface area contributed by atoms with E-state index in [-0.39, 0.29) is 34.1 Å². The van der Waals surface area contributed by atoms with Gasteiger partial charge in [0.25, 0.3) is 11.1 Å². The molecule has 2 aromatic rings. The van der Waals surface area contributed by atoms with Crippen LogP contribution in [0.5, 0.6) is 11.5 Å². The average molecular weight is 360 g/mol. The van der Waals surface area contributed by atoms with Gasteiger partial charge in [0.15, 0.2) is 0 Å². The van der Waals surface area contributed by atoms with Crippen molar-refractivity contribution in [2.75, 3.05) is 0 Å². The molecule has 0 aliphatic carbocycles. The highest BCUT2D eigenvalue weighted by molar-refractivity contribution is 5.48. The quantitative estimate of drug-likeness (QED) is 0.858. The molecule has 2 aromatic heterocycles. The van der Waals surface area contributed by atoms with Crippen LogP contribution >= 0.6 is 0 Å². The Hall–Kier alpha value is -2.50. The first kappa shape index (κ1) is 19.8. The SMILES string of the molecule is CCC(CC)C(c1c(O)cc(=O)n(C)c1C)c1c(O)cc(C)n(C)c1=O. The van der Waals surface area contributed by atoms with E-state index in [2.05, 4.69) is 0 Å². The number of hydrogen-bond acceptors (Lipinski definition) is 4. The third-order valence-corrected chi connectivity index (χ3v) is 5.59. The number of hydrogen-bond donors (Lipinski definition) is 2. The number of nitrogens with zero attached hydrogens (tertiary/aromatic N) is 2. The fraction of sp³-hybridized carbons (Fsp3) is 0.500. The predicted octanol–water partition coefficient (Wildman–Crippen LogP) is 2.68. The molecule has 0 saturated heterocycles. The number of aryl methyl sites for hydroxylation is 1. The minimum absolute atomic E-state index is 0.0263. The Morgan fingerprint density at radius 1 is 0.923 bits per heavy atom. The van der Waals surface area contributed by atoms with E-state index in [9.17, 15) is 19.8 Å². The van der Waals surface area contributed by atoms with Crippen molar-refractivity contribution in [3.8, 4) is 11.5 Å². The lowest BCUT2D eigenvalue weighted by Gasteiger charge is -2.29. The molecule has 0 bridgehead atoms. The minimum atomic E-state index is -0.504. The smallest absolute Gasteiger partial charge is 0.258 e. The Morgan fingerprint density at radius 3 is 2.00 bits per heavy atom. The first-order valence-corrected chi connectivity index (χ1v) is 8.94. The van der Waals surface area contributed by atoms with Gasteiger partial charge in [-0.25, -0.2) is 0 Å². The molecule has 0 aliphatic rings. The lowest BCUT2D eigenvalue weighted by atomic mass is 9.77. The zero-order valence-electron chi connectivity index (χ0n) is 16.3. The zero-order valence-corrected chi connectivity index (χ0v) is 16.3. The molecule has 0 fully saturated rings. The van der Waals surface area contributed by atoms with Crippen LogP contribution in [0.25, 0.3) is 0 Å². The van der Waals surface area contributed by atoms with Gasteiger partial charge >= 0.3 is 0 Å². The second-order valence-electron chi connectivity index (χ2n) is 6.93. The third kappa shape index (κ3) is 3.16. The molecule has 1 atom stereocenters. The molecule has 2 heterocycles. The molecular weight excluding hydrogens is 332 g/mol. The van der Waals surface area contributed by atoms with E-state index in [1.165, 1.54) is 15.2 Å². The fourth-order valence-electron chi connectivity index (χ4n) is 3.70. The number of rotatable bonds is 5. The highest BCUT2D eigenvalue weighted by Crippen LogP contribution is 2.42. The number of aromatic nitrogens is 2. The maximum atomic E-state index is 13.0. The monoisotopic (exact) mass is 360 g/mol. The van der Waals surface area contributed by atoms with Crippen LogP contribution < -0.4 is 11.1 Å². The summed E-state index contributed by atoms with van der Waals surface area (Å²) in [6.07, 6.45) is 1.53. The van der Waals surface area contributed by atoms with Crippen molar-refractivity contribution in [1.29, 1.82) is 0 Å². The van der Waals surface area contributed by atoms with Crippen LogP contribution in [-0.4, -0.2) is 19.3 Å². The lowest BCUT2D eigenvalue weighted by Crippen LogP contribution is -2.30. The van der Waals surface area contributed by atoms with Gasteiger partial charge in [-0.2, -0.15) is 0 Å². The second-order valence-corrected chi connectivity index (χ2v) is 6.93. The fourth-order valence-corrected chi connectivity index (χ4v) is 3.70. The molecule has 6 heteroatoms. The van der Waals surface area contributed by atoms with Gasteiger partial charge in [0.1, 0.15) is 11.5 Å². The van der Waals surface area contributed by atoms with Crippen LogP contribution in [0.1, 0.15) is 55.1 Å². The summed E-state index contributed by atoms with van der Waals surface area (Å²) < 4.78 is 2.96. The molecule has 0 radical (unpaired) electrons. The molecule has 0 aliphatic heterocycles. The summed E-state index contributed by atoms with van der Waals surface area (Å²) in [6, 6.07) is 2.74. The number of pyridine rings is 2. The molecule has 0 aromatic carbocycles. The van der Waals surface area contributed by atoms with Crippen molar-refractivity contribution < 1.29 is 10.2 Å². The largest absolute Gasteiger partial charge is 0.507 e. The zero-order chi connectivity index (χ0) is 19.8. The van der Waals surface area contributed by atoms with Gasteiger partial charge in [-0.1, -0.05) is 26.7 Å². The average Bonchev–Trinajstić information content (AvgIpc) is 2.58. The molecule has 6 nitrogen and oxygen atoms in total. The molecule has 2 N–H and O–H groups in total. The first-order valence-electron chi connectivity index (χ1n) is 8.94. The molecule has 26 heavy (non-hydrogen) atoms. The Morgan fingerprint density at radius 2 is 1.46 bits per heavy atom. The maximum absolute atomic E-state index is 13.0. The Bertz CT molecular complexity index is 936. The van der Waals surface area contributed by atoms with Gasteiger partial charge in [-0.15, -0.1) is 0 Å². The van der Waals surface area contributed by atoms with Gasteiger partial charge in [0, 0.05) is 43.0 Å². The van der Waals surface area contributed by atoms with Crippen molar-refractivity contribution in [3.05, 3.63) is 55.4 Å². The van der Waals surface area contributed by atoms with E-state index < -0.39 is 5.92 Å². The topological polar surface area (TPSA) is 84.5 Å². The van der Waals surface area contributed by atoms with E-state index >= 15 is 0 Å². The standard InChI is InChI=1S/C20H28N2O4/c1-7-13(8-2)18(17-12(4)22(6)16(25)10-15(17)24)19-14(23)9-11(3)21(5)20(19)26/h9-10,13,18,23-24H,7-8H2,1-6H3. The predicted molar refractivity (Wildman–Crippen MR) is 102 cm³/mol. The van der Waals surface area contributed by atoms with Gasteiger partial charge in [0.05, 0.1) is 5.56 Å². The van der Waals surface area contributed by atoms with E-state index in [0.29, 0.717) is 17.0 Å². The molecule has 0 amide bonds. The van der Waals surface area contributed by atoms with Crippen LogP contribution in [0.15, 0.2) is 21.7 Å². The highest BCUT2D eigenvalue weighted by atomic mass is 16.3. The van der Waals surface area contributed by atoms with Crippen molar-refractivity contribution in [2.24, 2.45) is 20.0 Å². The van der Waals surface area contributed by atoms with E-state index in [1.54, 1.807) is 34.0 Å². The van der Waals surface area contributed by atoms with Gasteiger partial charge in [-0.3, -0.25) is 9.59 Å². The molecule has 1 unspecified atom stereocenters. The summed E-state index contributed by atoms with van der Waals surface area (Å²) in [6.45, 7) is 7.55. The minimum Gasteiger partial charge on any atom is -0.507 e. The van der Waals surface area contributed by atoms with Crippen LogP contribution in [-0.2, 0) is 14.1 Å². The summed E-state index contributed by atoms with van der Waals surface area (Å²) in [5.41, 5.74) is 1.44. The lowest BCUT2D eigenvalue weighted by molar-refractivity contribution is 0.388. The Labute approximate surface area is 153 Å². The van der Waals surface area contributed by atoms with Crippen molar-refractivity contribution in [1.82, 2.24) is 9.13 Å².